The average molecular weight is 391 g/mol. The Balaban J connectivity index is 1.95. The summed E-state index contributed by atoms with van der Waals surface area (Å²) in [5.41, 5.74) is 1.79. The molecule has 4 nitrogen and oxygen atoms in total. The summed E-state index contributed by atoms with van der Waals surface area (Å²) in [5.74, 6) is -0.117. The van der Waals surface area contributed by atoms with Gasteiger partial charge in [0.15, 0.2) is 0 Å². The number of carbonyl (C=O) groups is 2. The summed E-state index contributed by atoms with van der Waals surface area (Å²) in [6.07, 6.45) is 0.802. The normalized spacial score (nSPS) is 12.9. The molecule has 2 N–H and O–H groups in total. The van der Waals surface area contributed by atoms with Crippen molar-refractivity contribution in [1.82, 2.24) is 5.32 Å². The first-order valence-corrected chi connectivity index (χ1v) is 9.75. The third-order valence-electron chi connectivity index (χ3n) is 3.85. The lowest BCUT2D eigenvalue weighted by molar-refractivity contribution is -0.121. The Kier molecular flexibility index (Phi) is 7.54. The van der Waals surface area contributed by atoms with Crippen LogP contribution in [0, 0.1) is 0 Å². The van der Waals surface area contributed by atoms with Crippen molar-refractivity contribution in [2.75, 3.05) is 5.32 Å². The van der Waals surface area contributed by atoms with Gasteiger partial charge in [-0.15, -0.1) is 11.8 Å². The Morgan fingerprint density at radius 3 is 2.23 bits per heavy atom. The molecular formula is C20H23ClN2O2S. The molecule has 0 heterocycles. The Morgan fingerprint density at radius 1 is 1.08 bits per heavy atom. The van der Waals surface area contributed by atoms with Crippen LogP contribution in [0.2, 0.25) is 5.02 Å². The Morgan fingerprint density at radius 2 is 1.69 bits per heavy atom. The number of carbonyl (C=O) groups excluding carboxylic acids is 2. The highest BCUT2D eigenvalue weighted by Crippen LogP contribution is 2.26. The van der Waals surface area contributed by atoms with Gasteiger partial charge in [0.05, 0.1) is 11.3 Å². The first-order valence-electron chi connectivity index (χ1n) is 8.49. The highest BCUT2D eigenvalue weighted by molar-refractivity contribution is 8.00. The molecule has 0 fully saturated rings. The van der Waals surface area contributed by atoms with E-state index in [4.69, 9.17) is 11.6 Å². The number of halogens is 1. The number of anilines is 1. The van der Waals surface area contributed by atoms with E-state index in [1.54, 1.807) is 0 Å². The van der Waals surface area contributed by atoms with Crippen molar-refractivity contribution in [2.24, 2.45) is 0 Å². The maximum atomic E-state index is 12.6. The third-order valence-corrected chi connectivity index (χ3v) is 5.22. The van der Waals surface area contributed by atoms with E-state index in [2.05, 4.69) is 10.6 Å². The Hall–Kier alpha value is -1.98. The van der Waals surface area contributed by atoms with Gasteiger partial charge in [0.25, 0.3) is 0 Å². The van der Waals surface area contributed by atoms with Crippen molar-refractivity contribution >= 4 is 40.9 Å². The van der Waals surface area contributed by atoms with Crippen molar-refractivity contribution in [1.29, 1.82) is 0 Å². The van der Waals surface area contributed by atoms with Gasteiger partial charge in [0, 0.05) is 22.5 Å². The van der Waals surface area contributed by atoms with Crippen LogP contribution in [-0.2, 0) is 9.59 Å². The van der Waals surface area contributed by atoms with Crippen LogP contribution in [0.15, 0.2) is 53.4 Å². The molecule has 138 valence electrons. The standard InChI is InChI=1S/C20H23ClN2O2S/c1-4-19(15-5-7-16(21)8-6-15)23-20(25)13(2)26-18-11-9-17(10-12-18)22-14(3)24/h5-13,19H,4H2,1-3H3,(H,22,24)(H,23,25). The van der Waals surface area contributed by atoms with E-state index in [9.17, 15) is 9.59 Å². The van der Waals surface area contributed by atoms with E-state index in [0.29, 0.717) is 5.02 Å². The molecule has 0 spiro atoms. The molecule has 2 unspecified atom stereocenters. The molecule has 2 amide bonds. The van der Waals surface area contributed by atoms with E-state index >= 15 is 0 Å². The number of nitrogens with one attached hydrogen (secondary N) is 2. The Labute approximate surface area is 163 Å². The summed E-state index contributed by atoms with van der Waals surface area (Å²) in [4.78, 5) is 24.6. The first kappa shape index (κ1) is 20.3. The number of rotatable bonds is 7. The summed E-state index contributed by atoms with van der Waals surface area (Å²) in [6.45, 7) is 5.40. The predicted molar refractivity (Wildman–Crippen MR) is 109 cm³/mol. The van der Waals surface area contributed by atoms with Crippen molar-refractivity contribution in [3.8, 4) is 0 Å². The second-order valence-corrected chi connectivity index (χ2v) is 7.84. The summed E-state index contributed by atoms with van der Waals surface area (Å²) >= 11 is 7.41. The molecule has 0 aromatic heterocycles. The fourth-order valence-corrected chi connectivity index (χ4v) is 3.49. The fourth-order valence-electron chi connectivity index (χ4n) is 2.48. The molecule has 0 aliphatic heterocycles. The first-order chi connectivity index (χ1) is 12.4. The SMILES string of the molecule is CCC(NC(=O)C(C)Sc1ccc(NC(C)=O)cc1)c1ccc(Cl)cc1. The summed E-state index contributed by atoms with van der Waals surface area (Å²) in [5, 5.41) is 6.28. The van der Waals surface area contributed by atoms with Gasteiger partial charge in [-0.25, -0.2) is 0 Å². The number of hydrogen-bond donors (Lipinski definition) is 2. The average Bonchev–Trinajstić information content (AvgIpc) is 2.61. The molecule has 0 saturated heterocycles. The van der Waals surface area contributed by atoms with Crippen molar-refractivity contribution in [2.45, 2.75) is 43.4 Å². The van der Waals surface area contributed by atoms with Crippen LogP contribution in [0.1, 0.15) is 38.8 Å². The lowest BCUT2D eigenvalue weighted by Crippen LogP contribution is -2.34. The number of benzene rings is 2. The minimum absolute atomic E-state index is 0.0114. The van der Waals surface area contributed by atoms with E-state index < -0.39 is 0 Å². The molecule has 2 aromatic rings. The molecule has 0 saturated carbocycles. The second kappa shape index (κ2) is 9.64. The molecule has 2 rings (SSSR count). The van der Waals surface area contributed by atoms with Gasteiger partial charge in [0.1, 0.15) is 0 Å². The maximum absolute atomic E-state index is 12.6. The van der Waals surface area contributed by atoms with Gasteiger partial charge in [-0.1, -0.05) is 30.7 Å². The third kappa shape index (κ3) is 6.07. The van der Waals surface area contributed by atoms with Crippen LogP contribution in [-0.4, -0.2) is 17.1 Å². The van der Waals surface area contributed by atoms with Gasteiger partial charge >= 0.3 is 0 Å². The summed E-state index contributed by atoms with van der Waals surface area (Å²) < 4.78 is 0. The molecule has 2 atom stereocenters. The highest BCUT2D eigenvalue weighted by Gasteiger charge is 2.19. The zero-order valence-electron chi connectivity index (χ0n) is 15.1. The molecule has 6 heteroatoms. The van der Waals surface area contributed by atoms with Crippen LogP contribution in [0.5, 0.6) is 0 Å². The smallest absolute Gasteiger partial charge is 0.233 e. The number of thioether (sulfide) groups is 1. The van der Waals surface area contributed by atoms with Gasteiger partial charge in [0.2, 0.25) is 11.8 Å². The largest absolute Gasteiger partial charge is 0.348 e. The maximum Gasteiger partial charge on any atom is 0.233 e. The minimum Gasteiger partial charge on any atom is -0.348 e. The summed E-state index contributed by atoms with van der Waals surface area (Å²) in [6, 6.07) is 15.0. The van der Waals surface area contributed by atoms with E-state index in [-0.39, 0.29) is 23.1 Å². The number of hydrogen-bond acceptors (Lipinski definition) is 3. The van der Waals surface area contributed by atoms with Gasteiger partial charge in [-0.05, 0) is 55.3 Å². The zero-order chi connectivity index (χ0) is 19.1. The van der Waals surface area contributed by atoms with E-state index in [0.717, 1.165) is 22.6 Å². The van der Waals surface area contributed by atoms with Crippen LogP contribution in [0.4, 0.5) is 5.69 Å². The van der Waals surface area contributed by atoms with Crippen LogP contribution >= 0.6 is 23.4 Å². The molecule has 0 aliphatic carbocycles. The molecule has 0 bridgehead atoms. The summed E-state index contributed by atoms with van der Waals surface area (Å²) in [7, 11) is 0. The van der Waals surface area contributed by atoms with Crippen LogP contribution in [0.3, 0.4) is 0 Å². The van der Waals surface area contributed by atoms with Gasteiger partial charge in [-0.2, -0.15) is 0 Å². The zero-order valence-corrected chi connectivity index (χ0v) is 16.7. The van der Waals surface area contributed by atoms with Crippen LogP contribution in [0.25, 0.3) is 0 Å². The molecular weight excluding hydrogens is 368 g/mol. The van der Waals surface area contributed by atoms with Gasteiger partial charge < -0.3 is 10.6 Å². The second-order valence-electron chi connectivity index (χ2n) is 5.99. The fraction of sp³-hybridized carbons (Fsp3) is 0.300. The molecule has 0 radical (unpaired) electrons. The monoisotopic (exact) mass is 390 g/mol. The quantitative estimate of drug-likeness (QED) is 0.650. The van der Waals surface area contributed by atoms with E-state index in [1.807, 2.05) is 62.4 Å². The van der Waals surface area contributed by atoms with Crippen molar-refractivity contribution in [3.63, 3.8) is 0 Å². The van der Waals surface area contributed by atoms with Crippen LogP contribution < -0.4 is 10.6 Å². The number of amides is 2. The van der Waals surface area contributed by atoms with Gasteiger partial charge in [-0.3, -0.25) is 9.59 Å². The highest BCUT2D eigenvalue weighted by atomic mass is 35.5. The minimum atomic E-state index is -0.233. The predicted octanol–water partition coefficient (Wildman–Crippen LogP) is 5.05. The Bertz CT molecular complexity index is 747. The van der Waals surface area contributed by atoms with Crippen molar-refractivity contribution in [3.05, 3.63) is 59.1 Å². The lowest BCUT2D eigenvalue weighted by atomic mass is 10.0. The molecule has 2 aromatic carbocycles. The lowest BCUT2D eigenvalue weighted by Gasteiger charge is -2.20. The van der Waals surface area contributed by atoms with E-state index in [1.165, 1.54) is 18.7 Å². The van der Waals surface area contributed by atoms with Crippen molar-refractivity contribution < 1.29 is 9.59 Å². The molecule has 0 aliphatic rings. The topological polar surface area (TPSA) is 58.2 Å². The molecule has 26 heavy (non-hydrogen) atoms.